The molecule has 0 radical (unpaired) electrons. The normalized spacial score (nSPS) is 11.4. The Morgan fingerprint density at radius 2 is 2.00 bits per heavy atom. The minimum absolute atomic E-state index is 0.128. The SMILES string of the molecule is CCOC(=O)CCCNC(=NC)N(C)Cc1ccc(OC(F)F)cc1. The van der Waals surface area contributed by atoms with Gasteiger partial charge in [0, 0.05) is 33.6 Å². The van der Waals surface area contributed by atoms with Gasteiger partial charge in [-0.15, -0.1) is 0 Å². The molecule has 0 saturated carbocycles. The predicted octanol–water partition coefficient (Wildman–Crippen LogP) is 2.64. The lowest BCUT2D eigenvalue weighted by molar-refractivity contribution is -0.143. The van der Waals surface area contributed by atoms with E-state index in [2.05, 4.69) is 15.0 Å². The van der Waals surface area contributed by atoms with E-state index in [1.54, 1.807) is 26.1 Å². The number of alkyl halides is 2. The number of hydrogen-bond donors (Lipinski definition) is 1. The van der Waals surface area contributed by atoms with Crippen LogP contribution in [0.5, 0.6) is 5.75 Å². The summed E-state index contributed by atoms with van der Waals surface area (Å²) in [5.74, 6) is 0.596. The van der Waals surface area contributed by atoms with E-state index in [0.29, 0.717) is 38.5 Å². The van der Waals surface area contributed by atoms with Crippen molar-refractivity contribution in [1.82, 2.24) is 10.2 Å². The Morgan fingerprint density at radius 3 is 2.56 bits per heavy atom. The first-order chi connectivity index (χ1) is 12.0. The van der Waals surface area contributed by atoms with Crippen LogP contribution in [0.2, 0.25) is 0 Å². The molecule has 0 spiro atoms. The van der Waals surface area contributed by atoms with Gasteiger partial charge in [-0.3, -0.25) is 9.79 Å². The number of carbonyl (C=O) groups is 1. The molecule has 0 fully saturated rings. The largest absolute Gasteiger partial charge is 0.466 e. The van der Waals surface area contributed by atoms with Crippen LogP contribution in [0.15, 0.2) is 29.3 Å². The van der Waals surface area contributed by atoms with Crippen molar-refractivity contribution in [3.63, 3.8) is 0 Å². The standard InChI is InChI=1S/C17H25F2N3O3/c1-4-24-15(23)6-5-11-21-17(20-2)22(3)12-13-7-9-14(10-8-13)25-16(18)19/h7-10,16H,4-6,11-12H2,1-3H3,(H,20,21). The number of guanidine groups is 1. The first kappa shape index (κ1) is 20.7. The zero-order valence-electron chi connectivity index (χ0n) is 14.8. The van der Waals surface area contributed by atoms with Crippen molar-refractivity contribution in [2.45, 2.75) is 32.9 Å². The Bertz CT molecular complexity index is 551. The Hall–Kier alpha value is -2.38. The number of benzene rings is 1. The lowest BCUT2D eigenvalue weighted by Gasteiger charge is -2.22. The quantitative estimate of drug-likeness (QED) is 0.319. The molecule has 1 rings (SSSR count). The highest BCUT2D eigenvalue weighted by molar-refractivity contribution is 5.79. The van der Waals surface area contributed by atoms with E-state index >= 15 is 0 Å². The molecule has 0 aliphatic rings. The fourth-order valence-electron chi connectivity index (χ4n) is 2.18. The summed E-state index contributed by atoms with van der Waals surface area (Å²) in [6, 6.07) is 6.46. The fraction of sp³-hybridized carbons (Fsp3) is 0.529. The van der Waals surface area contributed by atoms with E-state index in [4.69, 9.17) is 4.74 Å². The monoisotopic (exact) mass is 357 g/mol. The van der Waals surface area contributed by atoms with Crippen molar-refractivity contribution in [2.75, 3.05) is 27.2 Å². The van der Waals surface area contributed by atoms with Crippen molar-refractivity contribution in [2.24, 2.45) is 4.99 Å². The van der Waals surface area contributed by atoms with Crippen LogP contribution in [-0.2, 0) is 16.1 Å². The van der Waals surface area contributed by atoms with E-state index in [9.17, 15) is 13.6 Å². The van der Waals surface area contributed by atoms with Crippen LogP contribution in [0.4, 0.5) is 8.78 Å². The zero-order chi connectivity index (χ0) is 18.7. The highest BCUT2D eigenvalue weighted by Crippen LogP contribution is 2.15. The molecule has 1 aromatic carbocycles. The van der Waals surface area contributed by atoms with Crippen LogP contribution >= 0.6 is 0 Å². The molecule has 0 aromatic heterocycles. The average molecular weight is 357 g/mol. The van der Waals surface area contributed by atoms with Gasteiger partial charge in [-0.25, -0.2) is 0 Å². The van der Waals surface area contributed by atoms with Crippen molar-refractivity contribution in [1.29, 1.82) is 0 Å². The highest BCUT2D eigenvalue weighted by atomic mass is 19.3. The molecule has 25 heavy (non-hydrogen) atoms. The minimum atomic E-state index is -2.83. The molecule has 0 aliphatic heterocycles. The van der Waals surface area contributed by atoms with E-state index < -0.39 is 6.61 Å². The van der Waals surface area contributed by atoms with Crippen molar-refractivity contribution in [3.8, 4) is 5.75 Å². The molecule has 0 saturated heterocycles. The molecule has 6 nitrogen and oxygen atoms in total. The third kappa shape index (κ3) is 8.32. The van der Waals surface area contributed by atoms with Gasteiger partial charge in [0.25, 0.3) is 0 Å². The van der Waals surface area contributed by atoms with Gasteiger partial charge in [0.15, 0.2) is 5.96 Å². The molecular weight excluding hydrogens is 332 g/mol. The molecule has 0 bridgehead atoms. The number of rotatable bonds is 9. The maximum atomic E-state index is 12.1. The summed E-state index contributed by atoms with van der Waals surface area (Å²) in [5.41, 5.74) is 0.929. The third-order valence-corrected chi connectivity index (χ3v) is 3.29. The average Bonchev–Trinajstić information content (AvgIpc) is 2.56. The topological polar surface area (TPSA) is 63.2 Å². The van der Waals surface area contributed by atoms with Crippen LogP contribution in [0.1, 0.15) is 25.3 Å². The van der Waals surface area contributed by atoms with Crippen LogP contribution in [0, 0.1) is 0 Å². The number of esters is 1. The number of nitrogens with zero attached hydrogens (tertiary/aromatic N) is 2. The fourth-order valence-corrected chi connectivity index (χ4v) is 2.18. The molecule has 0 unspecified atom stereocenters. The number of carbonyl (C=O) groups excluding carboxylic acids is 1. The number of aliphatic imine (C=N–C) groups is 1. The van der Waals surface area contributed by atoms with E-state index in [-0.39, 0.29) is 11.7 Å². The molecule has 140 valence electrons. The predicted molar refractivity (Wildman–Crippen MR) is 91.8 cm³/mol. The molecular formula is C17H25F2N3O3. The molecule has 0 aliphatic carbocycles. The van der Waals surface area contributed by atoms with Crippen molar-refractivity contribution in [3.05, 3.63) is 29.8 Å². The van der Waals surface area contributed by atoms with Crippen molar-refractivity contribution < 1.29 is 23.0 Å². The van der Waals surface area contributed by atoms with Crippen LogP contribution in [0.25, 0.3) is 0 Å². The van der Waals surface area contributed by atoms with E-state index in [1.165, 1.54) is 12.1 Å². The van der Waals surface area contributed by atoms with Gasteiger partial charge in [0.05, 0.1) is 6.61 Å². The molecule has 1 aromatic rings. The summed E-state index contributed by atoms with van der Waals surface area (Å²) < 4.78 is 33.5. The molecule has 8 heteroatoms. The van der Waals surface area contributed by atoms with E-state index in [0.717, 1.165) is 5.56 Å². The Morgan fingerprint density at radius 1 is 1.32 bits per heavy atom. The summed E-state index contributed by atoms with van der Waals surface area (Å²) in [7, 11) is 3.54. The first-order valence-electron chi connectivity index (χ1n) is 8.07. The smallest absolute Gasteiger partial charge is 0.387 e. The Labute approximate surface area is 146 Å². The van der Waals surface area contributed by atoms with Crippen LogP contribution in [-0.4, -0.2) is 50.7 Å². The second kappa shape index (κ2) is 11.2. The first-order valence-corrected chi connectivity index (χ1v) is 8.07. The second-order valence-corrected chi connectivity index (χ2v) is 5.26. The number of nitrogens with one attached hydrogen (secondary N) is 1. The minimum Gasteiger partial charge on any atom is -0.466 e. The Balaban J connectivity index is 2.42. The highest BCUT2D eigenvalue weighted by Gasteiger charge is 2.08. The van der Waals surface area contributed by atoms with Gasteiger partial charge in [-0.1, -0.05) is 12.1 Å². The third-order valence-electron chi connectivity index (χ3n) is 3.29. The van der Waals surface area contributed by atoms with Gasteiger partial charge in [0.1, 0.15) is 5.75 Å². The number of ether oxygens (including phenoxy) is 2. The summed E-state index contributed by atoms with van der Waals surface area (Å²) in [5, 5.41) is 3.17. The lowest BCUT2D eigenvalue weighted by Crippen LogP contribution is -2.39. The van der Waals surface area contributed by atoms with Crippen LogP contribution < -0.4 is 10.1 Å². The summed E-state index contributed by atoms with van der Waals surface area (Å²) >= 11 is 0. The maximum Gasteiger partial charge on any atom is 0.387 e. The Kier molecular flexibility index (Phi) is 9.28. The molecule has 1 N–H and O–H groups in total. The van der Waals surface area contributed by atoms with Gasteiger partial charge in [-0.2, -0.15) is 8.78 Å². The molecule has 0 atom stereocenters. The van der Waals surface area contributed by atoms with Crippen molar-refractivity contribution >= 4 is 11.9 Å². The maximum absolute atomic E-state index is 12.1. The lowest BCUT2D eigenvalue weighted by atomic mass is 10.2. The number of hydrogen-bond acceptors (Lipinski definition) is 4. The molecule has 0 heterocycles. The second-order valence-electron chi connectivity index (χ2n) is 5.26. The summed E-state index contributed by atoms with van der Waals surface area (Å²) in [6.45, 7) is 0.478. The number of halogens is 2. The van der Waals surface area contributed by atoms with Gasteiger partial charge >= 0.3 is 12.6 Å². The van der Waals surface area contributed by atoms with Gasteiger partial charge in [-0.05, 0) is 31.0 Å². The zero-order valence-corrected chi connectivity index (χ0v) is 14.8. The summed E-state index contributed by atoms with van der Waals surface area (Å²) in [4.78, 5) is 17.4. The van der Waals surface area contributed by atoms with E-state index in [1.807, 2.05) is 11.9 Å². The van der Waals surface area contributed by atoms with Gasteiger partial charge in [0.2, 0.25) is 0 Å². The van der Waals surface area contributed by atoms with Crippen LogP contribution in [0.3, 0.4) is 0 Å². The van der Waals surface area contributed by atoms with Gasteiger partial charge < -0.3 is 19.7 Å². The summed E-state index contributed by atoms with van der Waals surface area (Å²) in [6.07, 6.45) is 0.999. The molecule has 0 amide bonds.